The molecule has 11 heteroatoms. The maximum Gasteiger partial charge on any atom is 0.411 e. The first-order valence-electron chi connectivity index (χ1n) is 13.2. The van der Waals surface area contributed by atoms with Crippen LogP contribution >= 0.6 is 0 Å². The summed E-state index contributed by atoms with van der Waals surface area (Å²) in [5.41, 5.74) is -0.587. The van der Waals surface area contributed by atoms with Gasteiger partial charge in [0.15, 0.2) is 6.29 Å². The van der Waals surface area contributed by atoms with Crippen LogP contribution < -0.4 is 10.6 Å². The fourth-order valence-electron chi connectivity index (χ4n) is 4.51. The largest absolute Gasteiger partial charge is 0.444 e. The zero-order valence-corrected chi connectivity index (χ0v) is 24.6. The van der Waals surface area contributed by atoms with Gasteiger partial charge >= 0.3 is 6.09 Å². The van der Waals surface area contributed by atoms with Crippen LogP contribution in [0.5, 0.6) is 0 Å². The first-order valence-corrected chi connectivity index (χ1v) is 13.2. The van der Waals surface area contributed by atoms with E-state index in [9.17, 15) is 18.4 Å². The zero-order valence-electron chi connectivity index (χ0n) is 24.6. The second-order valence-electron chi connectivity index (χ2n) is 11.7. The molecule has 1 aliphatic rings. The molecule has 0 spiro atoms. The van der Waals surface area contributed by atoms with Crippen molar-refractivity contribution in [1.82, 2.24) is 9.88 Å². The van der Waals surface area contributed by atoms with Crippen LogP contribution in [-0.4, -0.2) is 53.6 Å². The number of ether oxygens (including phenoxy) is 1. The molecule has 1 amide bonds. The van der Waals surface area contributed by atoms with Crippen molar-refractivity contribution < 1.29 is 23.1 Å². The van der Waals surface area contributed by atoms with Crippen LogP contribution in [0.2, 0.25) is 0 Å². The van der Waals surface area contributed by atoms with Gasteiger partial charge in [-0.3, -0.25) is 14.7 Å². The molecule has 0 saturated heterocycles. The normalized spacial score (nSPS) is 15.6. The molecule has 1 aromatic heterocycles. The molecule has 0 radical (unpaired) electrons. The molecule has 0 saturated carbocycles. The van der Waals surface area contributed by atoms with E-state index in [1.807, 2.05) is 52.8 Å². The number of alkyl halides is 1. The zero-order chi connectivity index (χ0) is 30.6. The van der Waals surface area contributed by atoms with E-state index in [2.05, 4.69) is 32.3 Å². The maximum atomic E-state index is 14.4. The molecule has 2 heterocycles. The van der Waals surface area contributed by atoms with Crippen molar-refractivity contribution in [2.24, 2.45) is 9.98 Å². The smallest absolute Gasteiger partial charge is 0.411 e. The van der Waals surface area contributed by atoms with E-state index in [1.165, 1.54) is 26.1 Å². The van der Waals surface area contributed by atoms with E-state index in [1.54, 1.807) is 4.90 Å². The highest BCUT2D eigenvalue weighted by Gasteiger charge is 2.39. The standard InChI is InChI=1S/C30H38F2N6O3/c1-28(2,3)41-27(40)38-14-13-19-15-21(9-10-22(19)30(38,6)7)34-18-35-26(20(17-39)16-33-8)37-24-12-11-23(31)25(36-24)29(4,5)32/h9-12,15-17,34H,8,13-14,18H2,1-7H3,(H,35,36,37)/b20-16-. The number of carbonyl (C=O) groups excluding carboxylic acids is 2. The quantitative estimate of drug-likeness (QED) is 0.172. The Morgan fingerprint density at radius 3 is 2.54 bits per heavy atom. The minimum absolute atomic E-state index is 0.0551. The lowest BCUT2D eigenvalue weighted by molar-refractivity contribution is -0.104. The van der Waals surface area contributed by atoms with Gasteiger partial charge in [-0.05, 0) is 97.0 Å². The number of nitrogens with zero attached hydrogens (tertiary/aromatic N) is 4. The Morgan fingerprint density at radius 2 is 1.93 bits per heavy atom. The average Bonchev–Trinajstić information content (AvgIpc) is 2.85. The van der Waals surface area contributed by atoms with Gasteiger partial charge in [-0.2, -0.15) is 0 Å². The number of fused-ring (bicyclic) bond motifs is 1. The Bertz CT molecular complexity index is 1370. The summed E-state index contributed by atoms with van der Waals surface area (Å²) in [6, 6.07) is 8.28. The van der Waals surface area contributed by atoms with Crippen LogP contribution in [-0.2, 0) is 27.2 Å². The average molecular weight is 569 g/mol. The number of nitrogens with one attached hydrogen (secondary N) is 2. The first kappa shape index (κ1) is 31.4. The van der Waals surface area contributed by atoms with Gasteiger partial charge in [0.05, 0.1) is 11.1 Å². The van der Waals surface area contributed by atoms with Crippen LogP contribution in [0.4, 0.5) is 25.1 Å². The highest BCUT2D eigenvalue weighted by molar-refractivity contribution is 6.19. The van der Waals surface area contributed by atoms with Crippen molar-refractivity contribution in [2.45, 2.75) is 71.7 Å². The third-order valence-corrected chi connectivity index (χ3v) is 6.46. The fourth-order valence-corrected chi connectivity index (χ4v) is 4.51. The lowest BCUT2D eigenvalue weighted by Crippen LogP contribution is -2.51. The third kappa shape index (κ3) is 7.74. The number of hydrogen-bond acceptors (Lipinski definition) is 7. The summed E-state index contributed by atoms with van der Waals surface area (Å²) < 4.78 is 34.2. The van der Waals surface area contributed by atoms with Crippen molar-refractivity contribution in [3.8, 4) is 0 Å². The van der Waals surface area contributed by atoms with Gasteiger partial charge in [0.1, 0.15) is 41.1 Å². The molecule has 0 atom stereocenters. The van der Waals surface area contributed by atoms with Gasteiger partial charge in [0.25, 0.3) is 0 Å². The summed E-state index contributed by atoms with van der Waals surface area (Å²) >= 11 is 0. The molecule has 0 unspecified atom stereocenters. The molecule has 9 nitrogen and oxygen atoms in total. The summed E-state index contributed by atoms with van der Waals surface area (Å²) in [6.45, 7) is 15.9. The number of anilines is 2. The van der Waals surface area contributed by atoms with Gasteiger partial charge in [0, 0.05) is 18.4 Å². The van der Waals surface area contributed by atoms with Crippen molar-refractivity contribution in [3.63, 3.8) is 0 Å². The van der Waals surface area contributed by atoms with Crippen molar-refractivity contribution in [1.29, 1.82) is 0 Å². The molecule has 0 fully saturated rings. The van der Waals surface area contributed by atoms with E-state index in [4.69, 9.17) is 4.74 Å². The highest BCUT2D eigenvalue weighted by Crippen LogP contribution is 2.37. The Hall–Kier alpha value is -4.15. The summed E-state index contributed by atoms with van der Waals surface area (Å²) in [7, 11) is 0. The number of benzene rings is 1. The minimum atomic E-state index is -2.02. The Kier molecular flexibility index (Phi) is 9.30. The van der Waals surface area contributed by atoms with Crippen LogP contribution in [0.3, 0.4) is 0 Å². The summed E-state index contributed by atoms with van der Waals surface area (Å²) in [4.78, 5) is 38.4. The van der Waals surface area contributed by atoms with Crippen LogP contribution in [0.15, 0.2) is 52.1 Å². The number of aldehydes is 1. The molecule has 1 aliphatic heterocycles. The van der Waals surface area contributed by atoms with Crippen molar-refractivity contribution in [2.75, 3.05) is 23.8 Å². The third-order valence-electron chi connectivity index (χ3n) is 6.46. The lowest BCUT2D eigenvalue weighted by atomic mass is 9.83. The van der Waals surface area contributed by atoms with Crippen LogP contribution in [0, 0.1) is 5.82 Å². The molecule has 3 rings (SSSR count). The second-order valence-corrected chi connectivity index (χ2v) is 11.7. The van der Waals surface area contributed by atoms with E-state index in [0.29, 0.717) is 19.3 Å². The summed E-state index contributed by atoms with van der Waals surface area (Å²) in [5, 5.41) is 6.07. The number of hydrogen-bond donors (Lipinski definition) is 2. The lowest BCUT2D eigenvalue weighted by Gasteiger charge is -2.44. The van der Waals surface area contributed by atoms with Gasteiger partial charge in [0.2, 0.25) is 0 Å². The van der Waals surface area contributed by atoms with Crippen LogP contribution in [0.25, 0.3) is 0 Å². The minimum Gasteiger partial charge on any atom is -0.444 e. The van der Waals surface area contributed by atoms with Crippen LogP contribution in [0.1, 0.15) is 65.3 Å². The van der Waals surface area contributed by atoms with Gasteiger partial charge in [-0.1, -0.05) is 6.07 Å². The fraction of sp³-hybridized carbons (Fsp3) is 0.433. The van der Waals surface area contributed by atoms with Crippen molar-refractivity contribution >= 4 is 36.4 Å². The molecule has 41 heavy (non-hydrogen) atoms. The number of rotatable bonds is 8. The van der Waals surface area contributed by atoms with Gasteiger partial charge in [-0.15, -0.1) is 0 Å². The number of amides is 1. The van der Waals surface area contributed by atoms with E-state index in [0.717, 1.165) is 22.9 Å². The maximum absolute atomic E-state index is 14.4. The molecule has 2 N–H and O–H groups in total. The number of amidine groups is 1. The van der Waals surface area contributed by atoms with Crippen molar-refractivity contribution in [3.05, 3.63) is 64.7 Å². The van der Waals surface area contributed by atoms with Gasteiger partial charge in [-0.25, -0.2) is 23.6 Å². The molecule has 0 bridgehead atoms. The topological polar surface area (TPSA) is 108 Å². The molecule has 2 aromatic rings. The Labute approximate surface area is 239 Å². The Balaban J connectivity index is 1.81. The highest BCUT2D eigenvalue weighted by atomic mass is 19.1. The number of halogens is 2. The van der Waals surface area contributed by atoms with E-state index < -0.39 is 22.6 Å². The van der Waals surface area contributed by atoms with E-state index in [-0.39, 0.29) is 35.7 Å². The second kappa shape index (κ2) is 12.2. The first-order chi connectivity index (χ1) is 19.1. The molecule has 1 aromatic carbocycles. The number of carbonyl (C=O) groups is 2. The number of pyridine rings is 1. The molecular weight excluding hydrogens is 530 g/mol. The predicted octanol–water partition coefficient (Wildman–Crippen LogP) is 6.12. The summed E-state index contributed by atoms with van der Waals surface area (Å²) in [6.07, 6.45) is 2.06. The predicted molar refractivity (Wildman–Crippen MR) is 158 cm³/mol. The Morgan fingerprint density at radius 1 is 1.22 bits per heavy atom. The molecule has 0 aliphatic carbocycles. The monoisotopic (exact) mass is 568 g/mol. The number of aliphatic imine (C=N–C) groups is 2. The van der Waals surface area contributed by atoms with Gasteiger partial charge < -0.3 is 15.4 Å². The number of aromatic nitrogens is 1. The molecule has 220 valence electrons. The van der Waals surface area contributed by atoms with E-state index >= 15 is 0 Å². The SMILES string of the molecule is C=N/C=C(C=O)\C(=N/CNc1ccc2c(c1)CCN(C(=O)OC(C)(C)C)C2(C)C)Nc1ccc(F)c(C(C)(C)F)n1. The summed E-state index contributed by atoms with van der Waals surface area (Å²) in [5.74, 6) is -0.589. The molecular formula is C30H38F2N6O3.